The number of ether oxygens (including phenoxy) is 3. The number of nitrogens with zero attached hydrogens (tertiary/aromatic N) is 2. The molecule has 1 aliphatic heterocycles. The molecule has 0 spiro atoms. The van der Waals surface area contributed by atoms with Crippen LogP contribution in [-0.2, 0) is 9.53 Å². The molecule has 3 aromatic rings. The fraction of sp³-hybridized carbons (Fsp3) is 0.240. The molecule has 0 aliphatic carbocycles. The highest BCUT2D eigenvalue weighted by atomic mass is 32.1. The predicted molar refractivity (Wildman–Crippen MR) is 128 cm³/mol. The second kappa shape index (κ2) is 9.96. The van der Waals surface area contributed by atoms with Crippen LogP contribution in [0, 0.1) is 6.92 Å². The van der Waals surface area contributed by atoms with Gasteiger partial charge in [0.25, 0.3) is 5.91 Å². The SMILES string of the molecule is COc1ccc([C@H]2CC(c3cccs3)=NN2C(=O)COC(=O)c2cccc(C)c2O)cc1OC. The molecule has 34 heavy (non-hydrogen) atoms. The average molecular weight is 481 g/mol. The van der Waals surface area contributed by atoms with E-state index in [1.807, 2.05) is 29.6 Å². The molecule has 1 N–H and O–H groups in total. The zero-order valence-electron chi connectivity index (χ0n) is 19.0. The first-order chi connectivity index (χ1) is 16.4. The number of phenols is 1. The molecule has 0 bridgehead atoms. The van der Waals surface area contributed by atoms with Gasteiger partial charge in [-0.25, -0.2) is 9.80 Å². The molecular formula is C25H24N2O6S. The number of amides is 1. The number of hydrazone groups is 1. The number of carbonyl (C=O) groups excluding carboxylic acids is 2. The summed E-state index contributed by atoms with van der Waals surface area (Å²) in [5.74, 6) is -0.306. The van der Waals surface area contributed by atoms with Gasteiger partial charge in [0, 0.05) is 6.42 Å². The van der Waals surface area contributed by atoms with Gasteiger partial charge in [-0.1, -0.05) is 24.3 Å². The predicted octanol–water partition coefficient (Wildman–Crippen LogP) is 4.31. The summed E-state index contributed by atoms with van der Waals surface area (Å²) in [6.45, 7) is 1.16. The first-order valence-corrected chi connectivity index (χ1v) is 11.4. The van der Waals surface area contributed by atoms with Crippen LogP contribution in [0.15, 0.2) is 59.0 Å². The molecule has 2 aromatic carbocycles. The Morgan fingerprint density at radius 3 is 2.62 bits per heavy atom. The Morgan fingerprint density at radius 2 is 1.91 bits per heavy atom. The van der Waals surface area contributed by atoms with E-state index in [9.17, 15) is 14.7 Å². The largest absolute Gasteiger partial charge is 0.507 e. The quantitative estimate of drug-likeness (QED) is 0.506. The topological polar surface area (TPSA) is 97.7 Å². The van der Waals surface area contributed by atoms with Crippen LogP contribution in [0.5, 0.6) is 17.2 Å². The first-order valence-electron chi connectivity index (χ1n) is 10.5. The second-order valence-electron chi connectivity index (χ2n) is 7.64. The Hall–Kier alpha value is -3.85. The fourth-order valence-corrected chi connectivity index (χ4v) is 4.47. The third-order valence-corrected chi connectivity index (χ3v) is 6.47. The summed E-state index contributed by atoms with van der Waals surface area (Å²) in [7, 11) is 3.11. The third kappa shape index (κ3) is 4.60. The molecule has 0 radical (unpaired) electrons. The number of rotatable bonds is 7. The lowest BCUT2D eigenvalue weighted by Gasteiger charge is -2.23. The summed E-state index contributed by atoms with van der Waals surface area (Å²) < 4.78 is 16.0. The highest BCUT2D eigenvalue weighted by Gasteiger charge is 2.34. The summed E-state index contributed by atoms with van der Waals surface area (Å²) in [5, 5.41) is 18.0. The third-order valence-electron chi connectivity index (χ3n) is 5.55. The lowest BCUT2D eigenvalue weighted by molar-refractivity contribution is -0.136. The summed E-state index contributed by atoms with van der Waals surface area (Å²) >= 11 is 1.54. The van der Waals surface area contributed by atoms with E-state index in [1.165, 1.54) is 22.4 Å². The van der Waals surface area contributed by atoms with Gasteiger partial charge < -0.3 is 19.3 Å². The van der Waals surface area contributed by atoms with Gasteiger partial charge in [0.1, 0.15) is 11.3 Å². The van der Waals surface area contributed by atoms with Gasteiger partial charge in [-0.05, 0) is 47.7 Å². The summed E-state index contributed by atoms with van der Waals surface area (Å²) in [5.41, 5.74) is 2.13. The van der Waals surface area contributed by atoms with Crippen LogP contribution in [0.3, 0.4) is 0 Å². The molecule has 2 heterocycles. The van der Waals surface area contributed by atoms with E-state index in [0.29, 0.717) is 23.5 Å². The number of phenolic OH excluding ortho intramolecular Hbond substituents is 1. The molecule has 1 aromatic heterocycles. The van der Waals surface area contributed by atoms with Crippen LogP contribution >= 0.6 is 11.3 Å². The van der Waals surface area contributed by atoms with Gasteiger partial charge in [0.15, 0.2) is 18.1 Å². The van der Waals surface area contributed by atoms with E-state index in [4.69, 9.17) is 14.2 Å². The maximum Gasteiger partial charge on any atom is 0.342 e. The molecule has 4 rings (SSSR count). The van der Waals surface area contributed by atoms with Crippen molar-refractivity contribution in [3.05, 3.63) is 75.5 Å². The van der Waals surface area contributed by atoms with Crippen LogP contribution in [0.4, 0.5) is 0 Å². The first kappa shape index (κ1) is 23.3. The van der Waals surface area contributed by atoms with Crippen molar-refractivity contribution in [2.24, 2.45) is 5.10 Å². The zero-order chi connectivity index (χ0) is 24.2. The molecule has 0 fully saturated rings. The maximum absolute atomic E-state index is 13.1. The molecule has 9 heteroatoms. The highest BCUT2D eigenvalue weighted by molar-refractivity contribution is 7.12. The minimum absolute atomic E-state index is 0.00781. The summed E-state index contributed by atoms with van der Waals surface area (Å²) in [6.07, 6.45) is 0.494. The van der Waals surface area contributed by atoms with Crippen molar-refractivity contribution in [1.29, 1.82) is 0 Å². The number of esters is 1. The normalized spacial score (nSPS) is 15.1. The van der Waals surface area contributed by atoms with Crippen molar-refractivity contribution in [3.8, 4) is 17.2 Å². The van der Waals surface area contributed by atoms with Gasteiger partial charge >= 0.3 is 5.97 Å². The molecule has 1 atom stereocenters. The Bertz CT molecular complexity index is 1240. The monoisotopic (exact) mass is 480 g/mol. The number of carbonyl (C=O) groups is 2. The number of aromatic hydroxyl groups is 1. The number of hydrogen-bond donors (Lipinski definition) is 1. The van der Waals surface area contributed by atoms with E-state index in [2.05, 4.69) is 5.10 Å². The van der Waals surface area contributed by atoms with Crippen molar-refractivity contribution < 1.29 is 28.9 Å². The Balaban J connectivity index is 1.57. The van der Waals surface area contributed by atoms with Crippen molar-refractivity contribution in [1.82, 2.24) is 5.01 Å². The van der Waals surface area contributed by atoms with Crippen LogP contribution in [0.2, 0.25) is 0 Å². The minimum atomic E-state index is -0.779. The van der Waals surface area contributed by atoms with Gasteiger partial charge in [-0.15, -0.1) is 11.3 Å². The van der Waals surface area contributed by atoms with Crippen LogP contribution in [0.25, 0.3) is 0 Å². The van der Waals surface area contributed by atoms with Crippen LogP contribution < -0.4 is 9.47 Å². The number of benzene rings is 2. The minimum Gasteiger partial charge on any atom is -0.507 e. The van der Waals surface area contributed by atoms with E-state index in [1.54, 1.807) is 39.3 Å². The van der Waals surface area contributed by atoms with Crippen molar-refractivity contribution >= 4 is 28.9 Å². The lowest BCUT2D eigenvalue weighted by Crippen LogP contribution is -2.31. The van der Waals surface area contributed by atoms with E-state index >= 15 is 0 Å². The summed E-state index contributed by atoms with van der Waals surface area (Å²) in [4.78, 5) is 26.6. The molecule has 8 nitrogen and oxygen atoms in total. The number of aryl methyl sites for hydroxylation is 1. The maximum atomic E-state index is 13.1. The zero-order valence-corrected chi connectivity index (χ0v) is 19.8. The fourth-order valence-electron chi connectivity index (χ4n) is 3.75. The average Bonchev–Trinajstić information content (AvgIpc) is 3.54. The molecule has 1 amide bonds. The Labute approximate surface area is 201 Å². The number of methoxy groups -OCH3 is 2. The molecule has 0 saturated heterocycles. The number of thiophene rings is 1. The van der Waals surface area contributed by atoms with Crippen LogP contribution in [-0.4, -0.2) is 48.5 Å². The second-order valence-corrected chi connectivity index (χ2v) is 8.59. The van der Waals surface area contributed by atoms with E-state index in [0.717, 1.165) is 16.2 Å². The van der Waals surface area contributed by atoms with Gasteiger partial charge in [-0.2, -0.15) is 5.10 Å². The Morgan fingerprint density at radius 1 is 1.12 bits per heavy atom. The number of para-hydroxylation sites is 1. The Kier molecular flexibility index (Phi) is 6.83. The lowest BCUT2D eigenvalue weighted by atomic mass is 10.0. The van der Waals surface area contributed by atoms with E-state index in [-0.39, 0.29) is 11.3 Å². The van der Waals surface area contributed by atoms with Crippen LogP contribution in [0.1, 0.15) is 38.8 Å². The molecule has 1 aliphatic rings. The number of hydrogen-bond acceptors (Lipinski definition) is 8. The molecule has 0 saturated carbocycles. The van der Waals surface area contributed by atoms with Gasteiger partial charge in [0.2, 0.25) is 0 Å². The highest BCUT2D eigenvalue weighted by Crippen LogP contribution is 2.38. The molecule has 0 unspecified atom stereocenters. The molecule has 176 valence electrons. The van der Waals surface area contributed by atoms with Crippen molar-refractivity contribution in [2.45, 2.75) is 19.4 Å². The van der Waals surface area contributed by atoms with Crippen molar-refractivity contribution in [3.63, 3.8) is 0 Å². The standard InChI is InChI=1S/C25H24N2O6S/c1-15-6-4-7-17(24(15)29)25(30)33-14-23(28)27-19(13-18(26-27)22-8-5-11-34-22)16-9-10-20(31-2)21(12-16)32-3/h4-12,19,29H,13-14H2,1-3H3/t19-/m1/s1. The van der Waals surface area contributed by atoms with Crippen molar-refractivity contribution in [2.75, 3.05) is 20.8 Å². The molecular weight excluding hydrogens is 456 g/mol. The summed E-state index contributed by atoms with van der Waals surface area (Å²) in [6, 6.07) is 13.7. The smallest absolute Gasteiger partial charge is 0.342 e. The van der Waals surface area contributed by atoms with Gasteiger partial charge in [-0.3, -0.25) is 4.79 Å². The van der Waals surface area contributed by atoms with Gasteiger partial charge in [0.05, 0.1) is 30.9 Å². The van der Waals surface area contributed by atoms with E-state index < -0.39 is 24.5 Å².